The van der Waals surface area contributed by atoms with Gasteiger partial charge in [-0.15, -0.1) is 0 Å². The second kappa shape index (κ2) is 7.90. The van der Waals surface area contributed by atoms with Crippen molar-refractivity contribution >= 4 is 37.1 Å². The lowest BCUT2D eigenvalue weighted by atomic mass is 10.2. The first-order chi connectivity index (χ1) is 13.1. The molecular weight excluding hydrogens is 424 g/mol. The highest BCUT2D eigenvalue weighted by Crippen LogP contribution is 2.29. The highest BCUT2D eigenvalue weighted by atomic mass is 35.5. The van der Waals surface area contributed by atoms with Gasteiger partial charge in [0.15, 0.2) is 9.84 Å². The van der Waals surface area contributed by atoms with Crippen LogP contribution in [0.15, 0.2) is 52.3 Å². The van der Waals surface area contributed by atoms with Gasteiger partial charge in [-0.2, -0.15) is 4.31 Å². The first-order valence-corrected chi connectivity index (χ1v) is 12.2. The number of piperazine rings is 1. The Labute approximate surface area is 170 Å². The van der Waals surface area contributed by atoms with Gasteiger partial charge in [0.1, 0.15) is 10.6 Å². The smallest absolute Gasteiger partial charge is 0.244 e. The van der Waals surface area contributed by atoms with Crippen LogP contribution in [0.2, 0.25) is 5.02 Å². The Hall–Kier alpha value is -1.81. The van der Waals surface area contributed by atoms with Gasteiger partial charge in [-0.3, -0.25) is 0 Å². The molecule has 1 aliphatic heterocycles. The molecule has 2 aromatic carbocycles. The van der Waals surface area contributed by atoms with Crippen molar-refractivity contribution in [3.63, 3.8) is 0 Å². The number of rotatable bonds is 5. The Kier molecular flexibility index (Phi) is 5.90. The molecule has 0 bridgehead atoms. The summed E-state index contributed by atoms with van der Waals surface area (Å²) in [6.07, 6.45) is 1.03. The van der Waals surface area contributed by atoms with Crippen LogP contribution in [-0.4, -0.2) is 60.7 Å². The quantitative estimate of drug-likeness (QED) is 0.703. The first kappa shape index (κ1) is 20.9. The largest absolute Gasteiger partial charge is 0.497 e. The van der Waals surface area contributed by atoms with Gasteiger partial charge in [0.2, 0.25) is 10.0 Å². The minimum atomic E-state index is -3.90. The Morgan fingerprint density at radius 1 is 0.929 bits per heavy atom. The molecule has 1 heterocycles. The van der Waals surface area contributed by atoms with E-state index in [4.69, 9.17) is 16.3 Å². The van der Waals surface area contributed by atoms with Crippen molar-refractivity contribution < 1.29 is 21.6 Å². The van der Waals surface area contributed by atoms with E-state index in [1.807, 2.05) is 24.3 Å². The van der Waals surface area contributed by atoms with Crippen LogP contribution in [0.25, 0.3) is 0 Å². The van der Waals surface area contributed by atoms with Crippen LogP contribution in [0.1, 0.15) is 0 Å². The number of hydrogen-bond acceptors (Lipinski definition) is 6. The molecule has 1 aliphatic rings. The minimum absolute atomic E-state index is 0.00461. The van der Waals surface area contributed by atoms with Crippen molar-refractivity contribution in [3.8, 4) is 5.75 Å². The van der Waals surface area contributed by atoms with Gasteiger partial charge in [0.25, 0.3) is 0 Å². The number of ether oxygens (including phenoxy) is 1. The second-order valence-corrected chi connectivity index (χ2v) is 10.8. The zero-order valence-corrected chi connectivity index (χ0v) is 17.9. The molecule has 0 aliphatic carbocycles. The van der Waals surface area contributed by atoms with E-state index in [1.165, 1.54) is 16.4 Å². The predicted molar refractivity (Wildman–Crippen MR) is 109 cm³/mol. The predicted octanol–water partition coefficient (Wildman–Crippen LogP) is 2.26. The van der Waals surface area contributed by atoms with Gasteiger partial charge >= 0.3 is 0 Å². The lowest BCUT2D eigenvalue weighted by molar-refractivity contribution is 0.384. The molecule has 3 rings (SSSR count). The zero-order chi connectivity index (χ0) is 20.5. The number of benzene rings is 2. The third-order valence-electron chi connectivity index (χ3n) is 4.62. The summed E-state index contributed by atoms with van der Waals surface area (Å²) in [7, 11) is -5.85. The third-order valence-corrected chi connectivity index (χ3v) is 8.12. The maximum absolute atomic E-state index is 13.0. The van der Waals surface area contributed by atoms with Gasteiger partial charge in [0, 0.05) is 38.1 Å². The molecule has 10 heteroatoms. The molecule has 1 saturated heterocycles. The summed E-state index contributed by atoms with van der Waals surface area (Å²) < 4.78 is 56.1. The van der Waals surface area contributed by atoms with Crippen molar-refractivity contribution in [2.75, 3.05) is 44.4 Å². The normalized spacial score (nSPS) is 16.2. The molecule has 152 valence electrons. The lowest BCUT2D eigenvalue weighted by Crippen LogP contribution is -2.48. The van der Waals surface area contributed by atoms with Gasteiger partial charge < -0.3 is 9.64 Å². The molecule has 2 aromatic rings. The Balaban J connectivity index is 1.79. The van der Waals surface area contributed by atoms with E-state index in [0.717, 1.165) is 23.8 Å². The molecule has 0 N–H and O–H groups in total. The molecule has 0 saturated carbocycles. The molecule has 0 radical (unpaired) electrons. The molecular formula is C18H21ClN2O5S2. The number of anilines is 1. The molecule has 28 heavy (non-hydrogen) atoms. The summed E-state index contributed by atoms with van der Waals surface area (Å²) in [5.41, 5.74) is 0.981. The Morgan fingerprint density at radius 3 is 2.07 bits per heavy atom. The van der Waals surface area contributed by atoms with E-state index in [9.17, 15) is 16.8 Å². The van der Waals surface area contributed by atoms with E-state index in [1.54, 1.807) is 7.11 Å². The fourth-order valence-corrected chi connectivity index (χ4v) is 5.68. The van der Waals surface area contributed by atoms with Crippen LogP contribution < -0.4 is 9.64 Å². The van der Waals surface area contributed by atoms with Crippen LogP contribution in [0.5, 0.6) is 5.75 Å². The third kappa shape index (κ3) is 4.27. The van der Waals surface area contributed by atoms with E-state index < -0.39 is 19.9 Å². The summed E-state index contributed by atoms with van der Waals surface area (Å²) in [6, 6.07) is 11.3. The number of halogens is 1. The number of hydrogen-bond donors (Lipinski definition) is 0. The maximum atomic E-state index is 13.0. The van der Waals surface area contributed by atoms with Crippen LogP contribution in [0.3, 0.4) is 0 Å². The summed E-state index contributed by atoms with van der Waals surface area (Å²) in [4.78, 5) is 1.82. The van der Waals surface area contributed by atoms with Crippen molar-refractivity contribution in [1.82, 2.24) is 4.31 Å². The molecule has 0 unspecified atom stereocenters. The first-order valence-electron chi connectivity index (χ1n) is 8.52. The fourth-order valence-electron chi connectivity index (χ4n) is 3.03. The van der Waals surface area contributed by atoms with Gasteiger partial charge in [-0.25, -0.2) is 16.8 Å². The highest BCUT2D eigenvalue weighted by Gasteiger charge is 2.31. The van der Waals surface area contributed by atoms with Crippen molar-refractivity contribution in [1.29, 1.82) is 0 Å². The van der Waals surface area contributed by atoms with Crippen LogP contribution >= 0.6 is 11.6 Å². The van der Waals surface area contributed by atoms with Gasteiger partial charge in [0.05, 0.1) is 17.0 Å². The number of methoxy groups -OCH3 is 1. The van der Waals surface area contributed by atoms with E-state index >= 15 is 0 Å². The van der Waals surface area contributed by atoms with E-state index in [-0.39, 0.29) is 27.9 Å². The minimum Gasteiger partial charge on any atom is -0.497 e. The lowest BCUT2D eigenvalue weighted by Gasteiger charge is -2.35. The molecule has 7 nitrogen and oxygen atoms in total. The number of sulfonamides is 1. The molecule has 0 spiro atoms. The van der Waals surface area contributed by atoms with Gasteiger partial charge in [-0.1, -0.05) is 11.6 Å². The van der Waals surface area contributed by atoms with Crippen LogP contribution in [0, 0.1) is 0 Å². The standard InChI is InChI=1S/C18H21ClN2O5S2/c1-26-15-5-3-14(4-6-15)20-9-11-21(12-10-20)28(24,25)18-13-16(27(2,22)23)7-8-17(18)19/h3-8,13H,9-12H2,1-2H3. The molecule has 0 atom stereocenters. The van der Waals surface area contributed by atoms with Crippen LogP contribution in [-0.2, 0) is 19.9 Å². The van der Waals surface area contributed by atoms with Crippen molar-refractivity contribution in [3.05, 3.63) is 47.5 Å². The van der Waals surface area contributed by atoms with E-state index in [2.05, 4.69) is 4.90 Å². The molecule has 1 fully saturated rings. The van der Waals surface area contributed by atoms with Crippen molar-refractivity contribution in [2.24, 2.45) is 0 Å². The van der Waals surface area contributed by atoms with Crippen molar-refractivity contribution in [2.45, 2.75) is 9.79 Å². The summed E-state index contributed by atoms with van der Waals surface area (Å²) in [6.45, 7) is 1.56. The SMILES string of the molecule is COc1ccc(N2CCN(S(=O)(=O)c3cc(S(C)(=O)=O)ccc3Cl)CC2)cc1. The van der Waals surface area contributed by atoms with Gasteiger partial charge in [-0.05, 0) is 42.5 Å². The summed E-state index contributed by atoms with van der Waals surface area (Å²) >= 11 is 6.08. The molecule has 0 amide bonds. The summed E-state index contributed by atoms with van der Waals surface area (Å²) in [5.74, 6) is 0.755. The monoisotopic (exact) mass is 444 g/mol. The Bertz CT molecular complexity index is 1060. The van der Waals surface area contributed by atoms with E-state index in [0.29, 0.717) is 13.1 Å². The Morgan fingerprint density at radius 2 is 1.54 bits per heavy atom. The maximum Gasteiger partial charge on any atom is 0.244 e. The average Bonchev–Trinajstić information content (AvgIpc) is 2.67. The highest BCUT2D eigenvalue weighted by molar-refractivity contribution is 7.91. The number of nitrogens with zero attached hydrogens (tertiary/aromatic N) is 2. The fraction of sp³-hybridized carbons (Fsp3) is 0.333. The molecule has 0 aromatic heterocycles. The summed E-state index contributed by atoms with van der Waals surface area (Å²) in [5, 5.41) is 0.00461. The number of sulfone groups is 1. The van der Waals surface area contributed by atoms with Crippen LogP contribution in [0.4, 0.5) is 5.69 Å². The zero-order valence-electron chi connectivity index (χ0n) is 15.5. The average molecular weight is 445 g/mol. The topological polar surface area (TPSA) is 84.0 Å². The second-order valence-electron chi connectivity index (χ2n) is 6.45.